The lowest BCUT2D eigenvalue weighted by atomic mass is 10.3. The van der Waals surface area contributed by atoms with Gasteiger partial charge in [-0.1, -0.05) is 6.58 Å². The van der Waals surface area contributed by atoms with Crippen LogP contribution in [0, 0.1) is 0 Å². The van der Waals surface area contributed by atoms with Crippen molar-refractivity contribution in [2.75, 3.05) is 112 Å². The number of esters is 2. The maximum atomic E-state index is 12.6. The lowest BCUT2D eigenvalue weighted by Gasteiger charge is -2.23. The van der Waals surface area contributed by atoms with E-state index in [1.165, 1.54) is 0 Å². The molecule has 0 radical (unpaired) electrons. The van der Waals surface area contributed by atoms with Crippen LogP contribution in [0.2, 0.25) is 0 Å². The predicted molar refractivity (Wildman–Crippen MR) is 181 cm³/mol. The summed E-state index contributed by atoms with van der Waals surface area (Å²) in [5.41, 5.74) is 0.376. The summed E-state index contributed by atoms with van der Waals surface area (Å²) in [4.78, 5) is 78.2. The number of carbonyl (C=O) groups excluding carboxylic acids is 6. The Morgan fingerprint density at radius 2 is 1.10 bits per heavy atom. The van der Waals surface area contributed by atoms with Gasteiger partial charge in [-0.15, -0.1) is 5.06 Å². The predicted octanol–water partition coefficient (Wildman–Crippen LogP) is -1.41. The standard InChI is InChI=1S/C33H56N4O15/c1-27-6-7-30(42)37(27)52-33(45)26-36(12-20-50-31(43)4-2-16-46-22-24-48-18-10-34-28(40)8-14-38)13-21-51-32(44)5-3-17-47-23-25-49-19-11-35-29(41)9-15-39/h38-39H,1-26H2,(H,34,40)(H,35,41). The van der Waals surface area contributed by atoms with Gasteiger partial charge in [0.2, 0.25) is 11.8 Å². The van der Waals surface area contributed by atoms with Gasteiger partial charge in [0.15, 0.2) is 0 Å². The van der Waals surface area contributed by atoms with E-state index in [1.807, 2.05) is 0 Å². The van der Waals surface area contributed by atoms with Gasteiger partial charge in [0, 0.05) is 71.5 Å². The second-order valence-electron chi connectivity index (χ2n) is 11.2. The Labute approximate surface area is 304 Å². The highest BCUT2D eigenvalue weighted by Crippen LogP contribution is 2.20. The number of aliphatic hydroxyl groups excluding tert-OH is 2. The normalized spacial score (nSPS) is 12.6. The van der Waals surface area contributed by atoms with Gasteiger partial charge < -0.3 is 54.1 Å². The SMILES string of the molecule is C=C1CCC(=O)N1OC(=O)CN(CCOC(=O)CCCOCCOCCNC(=O)CCO)CCOC(=O)CCCOCCOCCNC(=O)CCO. The molecule has 298 valence electrons. The first-order valence-corrected chi connectivity index (χ1v) is 17.5. The molecule has 1 heterocycles. The maximum Gasteiger partial charge on any atom is 0.346 e. The summed E-state index contributed by atoms with van der Waals surface area (Å²) < 4.78 is 32.1. The number of hydrogen-bond donors (Lipinski definition) is 4. The first-order valence-electron chi connectivity index (χ1n) is 17.5. The number of ether oxygens (including phenoxy) is 6. The van der Waals surface area contributed by atoms with Crippen LogP contribution in [0.5, 0.6) is 0 Å². The molecule has 1 saturated heterocycles. The van der Waals surface area contributed by atoms with Crippen LogP contribution in [-0.4, -0.2) is 168 Å². The molecule has 3 amide bonds. The molecule has 1 rings (SSSR count). The van der Waals surface area contributed by atoms with Crippen molar-refractivity contribution in [3.63, 3.8) is 0 Å². The van der Waals surface area contributed by atoms with Crippen LogP contribution in [0.25, 0.3) is 0 Å². The lowest BCUT2D eigenvalue weighted by Crippen LogP contribution is -2.39. The van der Waals surface area contributed by atoms with Crippen molar-refractivity contribution in [1.29, 1.82) is 0 Å². The van der Waals surface area contributed by atoms with Crippen LogP contribution < -0.4 is 10.6 Å². The number of hydrogen-bond acceptors (Lipinski definition) is 16. The molecule has 0 saturated carbocycles. The molecular formula is C33H56N4O15. The average molecular weight is 749 g/mol. The Balaban J connectivity index is 2.27. The monoisotopic (exact) mass is 748 g/mol. The highest BCUT2D eigenvalue weighted by molar-refractivity contribution is 5.82. The molecular weight excluding hydrogens is 692 g/mol. The fourth-order valence-corrected chi connectivity index (χ4v) is 4.24. The third-order valence-electron chi connectivity index (χ3n) is 6.93. The Bertz CT molecular complexity index is 1010. The summed E-state index contributed by atoms with van der Waals surface area (Å²) in [5.74, 6) is -2.51. The van der Waals surface area contributed by atoms with Crippen LogP contribution >= 0.6 is 0 Å². The number of hydroxylamine groups is 2. The largest absolute Gasteiger partial charge is 0.464 e. The van der Waals surface area contributed by atoms with Crippen molar-refractivity contribution in [3.8, 4) is 0 Å². The Hall–Kier alpha value is -3.72. The summed E-state index contributed by atoms with van der Waals surface area (Å²) in [6.45, 7) is 6.38. The molecule has 0 atom stereocenters. The molecule has 4 N–H and O–H groups in total. The van der Waals surface area contributed by atoms with Crippen LogP contribution in [0.3, 0.4) is 0 Å². The number of carbonyl (C=O) groups is 6. The van der Waals surface area contributed by atoms with E-state index in [4.69, 9.17) is 43.5 Å². The minimum atomic E-state index is -0.728. The molecule has 0 aromatic carbocycles. The van der Waals surface area contributed by atoms with Gasteiger partial charge in [-0.2, -0.15) is 0 Å². The number of rotatable bonds is 33. The first-order chi connectivity index (χ1) is 25.2. The van der Waals surface area contributed by atoms with E-state index in [0.29, 0.717) is 90.9 Å². The van der Waals surface area contributed by atoms with E-state index in [-0.39, 0.29) is 95.9 Å². The smallest absolute Gasteiger partial charge is 0.346 e. The summed E-state index contributed by atoms with van der Waals surface area (Å²) >= 11 is 0. The molecule has 1 aliphatic rings. The molecule has 1 aliphatic heterocycles. The fourth-order valence-electron chi connectivity index (χ4n) is 4.24. The summed E-state index contributed by atoms with van der Waals surface area (Å²) in [7, 11) is 0. The summed E-state index contributed by atoms with van der Waals surface area (Å²) in [6, 6.07) is 0. The Kier molecular flexibility index (Phi) is 27.5. The minimum absolute atomic E-state index is 0.0433. The highest BCUT2D eigenvalue weighted by atomic mass is 16.7. The summed E-state index contributed by atoms with van der Waals surface area (Å²) in [6.07, 6.45) is 1.74. The average Bonchev–Trinajstić information content (AvgIpc) is 3.42. The van der Waals surface area contributed by atoms with Gasteiger partial charge in [0.05, 0.1) is 65.1 Å². The van der Waals surface area contributed by atoms with Gasteiger partial charge in [0.25, 0.3) is 5.91 Å². The van der Waals surface area contributed by atoms with Gasteiger partial charge in [-0.05, 0) is 19.3 Å². The Morgan fingerprint density at radius 1 is 0.635 bits per heavy atom. The second-order valence-corrected chi connectivity index (χ2v) is 11.2. The maximum absolute atomic E-state index is 12.6. The van der Waals surface area contributed by atoms with Crippen molar-refractivity contribution in [1.82, 2.24) is 20.6 Å². The van der Waals surface area contributed by atoms with Crippen LogP contribution in [0.1, 0.15) is 51.4 Å². The zero-order valence-corrected chi connectivity index (χ0v) is 30.0. The molecule has 0 aromatic rings. The van der Waals surface area contributed by atoms with E-state index < -0.39 is 17.9 Å². The molecule has 0 bridgehead atoms. The zero-order chi connectivity index (χ0) is 38.2. The van der Waals surface area contributed by atoms with Crippen LogP contribution in [0.15, 0.2) is 12.3 Å². The molecule has 19 heteroatoms. The van der Waals surface area contributed by atoms with Crippen molar-refractivity contribution in [3.05, 3.63) is 12.3 Å². The third-order valence-corrected chi connectivity index (χ3v) is 6.93. The minimum Gasteiger partial charge on any atom is -0.464 e. The number of amides is 3. The number of nitrogens with one attached hydrogen (secondary N) is 2. The Morgan fingerprint density at radius 3 is 1.52 bits per heavy atom. The van der Waals surface area contributed by atoms with Crippen LogP contribution in [0.4, 0.5) is 0 Å². The zero-order valence-electron chi connectivity index (χ0n) is 30.0. The summed E-state index contributed by atoms with van der Waals surface area (Å²) in [5, 5.41) is 23.4. The van der Waals surface area contributed by atoms with Crippen molar-refractivity contribution in [2.24, 2.45) is 0 Å². The van der Waals surface area contributed by atoms with Crippen molar-refractivity contribution < 1.29 is 72.2 Å². The van der Waals surface area contributed by atoms with E-state index >= 15 is 0 Å². The first kappa shape index (κ1) is 46.3. The molecule has 19 nitrogen and oxygen atoms in total. The second kappa shape index (κ2) is 30.9. The van der Waals surface area contributed by atoms with E-state index in [9.17, 15) is 28.8 Å². The fraction of sp³-hybridized carbons (Fsp3) is 0.758. The molecule has 0 aliphatic carbocycles. The van der Waals surface area contributed by atoms with Gasteiger partial charge in [-0.25, -0.2) is 4.79 Å². The van der Waals surface area contributed by atoms with Crippen molar-refractivity contribution in [2.45, 2.75) is 51.4 Å². The molecule has 52 heavy (non-hydrogen) atoms. The molecule has 0 aromatic heterocycles. The number of aliphatic hydroxyl groups is 2. The number of allylic oxidation sites excluding steroid dienone is 1. The van der Waals surface area contributed by atoms with Crippen molar-refractivity contribution >= 4 is 35.6 Å². The van der Waals surface area contributed by atoms with Gasteiger partial charge in [0.1, 0.15) is 13.2 Å². The van der Waals surface area contributed by atoms with Gasteiger partial charge in [-0.3, -0.25) is 28.9 Å². The molecule has 0 unspecified atom stereocenters. The van der Waals surface area contributed by atoms with Gasteiger partial charge >= 0.3 is 17.9 Å². The van der Waals surface area contributed by atoms with E-state index in [0.717, 1.165) is 5.06 Å². The molecule has 0 spiro atoms. The lowest BCUT2D eigenvalue weighted by molar-refractivity contribution is -0.187. The highest BCUT2D eigenvalue weighted by Gasteiger charge is 2.28. The van der Waals surface area contributed by atoms with Crippen LogP contribution in [-0.2, 0) is 62.0 Å². The quantitative estimate of drug-likeness (QED) is 0.0446. The third kappa shape index (κ3) is 25.3. The van der Waals surface area contributed by atoms with E-state index in [2.05, 4.69) is 17.2 Å². The number of nitrogens with zero attached hydrogens (tertiary/aromatic N) is 2. The molecule has 1 fully saturated rings. The van der Waals surface area contributed by atoms with E-state index in [1.54, 1.807) is 4.90 Å². The topological polar surface area (TPSA) is 238 Å².